The summed E-state index contributed by atoms with van der Waals surface area (Å²) in [7, 11) is 3.39. The number of piperidine rings is 1. The molecule has 9 heteroatoms. The lowest BCUT2D eigenvalue weighted by atomic mass is 10.1. The number of anilines is 2. The zero-order chi connectivity index (χ0) is 23.2. The Kier molecular flexibility index (Phi) is 7.80. The van der Waals surface area contributed by atoms with Gasteiger partial charge in [-0.15, -0.1) is 0 Å². The summed E-state index contributed by atoms with van der Waals surface area (Å²) in [4.78, 5) is 11.1. The third kappa shape index (κ3) is 5.82. The van der Waals surface area contributed by atoms with E-state index in [1.165, 1.54) is 18.5 Å². The third-order valence-electron chi connectivity index (χ3n) is 5.85. The molecule has 0 unspecified atom stereocenters. The molecule has 1 aliphatic heterocycles. The van der Waals surface area contributed by atoms with Crippen molar-refractivity contribution in [2.75, 3.05) is 45.8 Å². The summed E-state index contributed by atoms with van der Waals surface area (Å²) in [5.74, 6) is 1.32. The van der Waals surface area contributed by atoms with E-state index in [0.29, 0.717) is 41.2 Å². The third-order valence-corrected chi connectivity index (χ3v) is 6.14. The van der Waals surface area contributed by atoms with Gasteiger partial charge in [-0.3, -0.25) is 0 Å². The van der Waals surface area contributed by atoms with Crippen LogP contribution in [0.15, 0.2) is 36.7 Å². The van der Waals surface area contributed by atoms with Crippen LogP contribution < -0.4 is 14.8 Å². The van der Waals surface area contributed by atoms with E-state index in [1.54, 1.807) is 20.3 Å². The van der Waals surface area contributed by atoms with E-state index in [0.717, 1.165) is 44.3 Å². The van der Waals surface area contributed by atoms with Crippen LogP contribution in [-0.2, 0) is 4.74 Å². The first kappa shape index (κ1) is 23.5. The highest BCUT2D eigenvalue weighted by Gasteiger charge is 2.18. The van der Waals surface area contributed by atoms with Gasteiger partial charge in [0.2, 0.25) is 0 Å². The number of ether oxygens (including phenoxy) is 3. The van der Waals surface area contributed by atoms with Crippen LogP contribution in [0, 0.1) is 5.82 Å². The SMILES string of the molecule is COc1cc2ncnc(Nc3ccc(F)c(Cl)c3)c2cc1OCCCN1CCC(OC)CC1. The molecule has 7 nitrogen and oxygen atoms in total. The molecular formula is C24H28ClFN4O3. The van der Waals surface area contributed by atoms with E-state index in [4.69, 9.17) is 25.8 Å². The molecule has 176 valence electrons. The fraction of sp³-hybridized carbons (Fsp3) is 0.417. The lowest BCUT2D eigenvalue weighted by Gasteiger charge is -2.31. The molecular weight excluding hydrogens is 447 g/mol. The van der Waals surface area contributed by atoms with Crippen molar-refractivity contribution in [1.29, 1.82) is 0 Å². The standard InChI is InChI=1S/C24H28ClFN4O3/c1-31-17-6-9-30(10-7-17)8-3-11-33-23-13-18-21(14-22(23)32-2)27-15-28-24(18)29-16-4-5-20(26)19(25)12-16/h4-5,12-15,17H,3,6-11H2,1-2H3,(H,27,28,29). The van der Waals surface area contributed by atoms with Crippen molar-refractivity contribution in [2.45, 2.75) is 25.4 Å². The number of nitrogens with one attached hydrogen (secondary N) is 1. The maximum Gasteiger partial charge on any atom is 0.162 e. The van der Waals surface area contributed by atoms with E-state index in [-0.39, 0.29) is 5.02 Å². The largest absolute Gasteiger partial charge is 0.493 e. The number of methoxy groups -OCH3 is 2. The molecule has 0 aliphatic carbocycles. The van der Waals surface area contributed by atoms with Crippen LogP contribution in [0.5, 0.6) is 11.5 Å². The summed E-state index contributed by atoms with van der Waals surface area (Å²) in [6, 6.07) is 8.12. The number of fused-ring (bicyclic) bond motifs is 1. The molecule has 0 spiro atoms. The van der Waals surface area contributed by atoms with Crippen molar-refractivity contribution in [3.8, 4) is 11.5 Å². The summed E-state index contributed by atoms with van der Waals surface area (Å²) >= 11 is 5.91. The lowest BCUT2D eigenvalue weighted by Crippen LogP contribution is -2.37. The number of rotatable bonds is 9. The Labute approximate surface area is 197 Å². The van der Waals surface area contributed by atoms with Gasteiger partial charge < -0.3 is 24.4 Å². The molecule has 1 aliphatic rings. The second kappa shape index (κ2) is 11.0. The van der Waals surface area contributed by atoms with Crippen molar-refractivity contribution >= 4 is 34.0 Å². The number of benzene rings is 2. The van der Waals surface area contributed by atoms with Crippen LogP contribution >= 0.6 is 11.6 Å². The molecule has 1 saturated heterocycles. The van der Waals surface area contributed by atoms with E-state index in [2.05, 4.69) is 20.2 Å². The molecule has 0 radical (unpaired) electrons. The highest BCUT2D eigenvalue weighted by atomic mass is 35.5. The molecule has 3 aromatic rings. The minimum absolute atomic E-state index is 0.0375. The molecule has 0 amide bonds. The Morgan fingerprint density at radius 1 is 1.12 bits per heavy atom. The number of hydrogen-bond donors (Lipinski definition) is 1. The van der Waals surface area contributed by atoms with Crippen molar-refractivity contribution in [3.05, 3.63) is 47.5 Å². The zero-order valence-electron chi connectivity index (χ0n) is 18.8. The van der Waals surface area contributed by atoms with E-state index in [9.17, 15) is 4.39 Å². The van der Waals surface area contributed by atoms with Gasteiger partial charge >= 0.3 is 0 Å². The van der Waals surface area contributed by atoms with Crippen molar-refractivity contribution in [1.82, 2.24) is 14.9 Å². The summed E-state index contributed by atoms with van der Waals surface area (Å²) < 4.78 is 30.5. The summed E-state index contributed by atoms with van der Waals surface area (Å²) in [6.07, 6.45) is 4.90. The lowest BCUT2D eigenvalue weighted by molar-refractivity contribution is 0.0398. The Morgan fingerprint density at radius 3 is 2.67 bits per heavy atom. The van der Waals surface area contributed by atoms with Crippen molar-refractivity contribution in [3.63, 3.8) is 0 Å². The van der Waals surface area contributed by atoms with Crippen LogP contribution in [0.3, 0.4) is 0 Å². The maximum absolute atomic E-state index is 13.5. The quantitative estimate of drug-likeness (QED) is 0.435. The molecule has 0 saturated carbocycles. The van der Waals surface area contributed by atoms with Crippen LogP contribution in [0.1, 0.15) is 19.3 Å². The number of nitrogens with zero attached hydrogens (tertiary/aromatic N) is 3. The van der Waals surface area contributed by atoms with Crippen LogP contribution in [0.2, 0.25) is 5.02 Å². The number of hydrogen-bond acceptors (Lipinski definition) is 7. The molecule has 2 heterocycles. The van der Waals surface area contributed by atoms with Crippen LogP contribution in [0.4, 0.5) is 15.9 Å². The monoisotopic (exact) mass is 474 g/mol. The smallest absolute Gasteiger partial charge is 0.162 e. The summed E-state index contributed by atoms with van der Waals surface area (Å²) in [6.45, 7) is 3.65. The number of halogens is 2. The fourth-order valence-corrected chi connectivity index (χ4v) is 4.17. The minimum atomic E-state index is -0.474. The Bertz CT molecular complexity index is 1090. The topological polar surface area (TPSA) is 68.7 Å². The summed E-state index contributed by atoms with van der Waals surface area (Å²) in [5, 5.41) is 3.98. The van der Waals surface area contributed by atoms with Gasteiger partial charge in [-0.1, -0.05) is 11.6 Å². The molecule has 4 rings (SSSR count). The van der Waals surface area contributed by atoms with Gasteiger partial charge in [-0.2, -0.15) is 0 Å². The highest BCUT2D eigenvalue weighted by Crippen LogP contribution is 2.35. The van der Waals surface area contributed by atoms with Crippen molar-refractivity contribution in [2.24, 2.45) is 0 Å². The molecule has 33 heavy (non-hydrogen) atoms. The Hall–Kier alpha value is -2.68. The summed E-state index contributed by atoms with van der Waals surface area (Å²) in [5.41, 5.74) is 1.32. The molecule has 0 atom stereocenters. The average molecular weight is 475 g/mol. The highest BCUT2D eigenvalue weighted by molar-refractivity contribution is 6.31. The first-order valence-corrected chi connectivity index (χ1v) is 11.4. The second-order valence-corrected chi connectivity index (χ2v) is 8.38. The Morgan fingerprint density at radius 2 is 1.94 bits per heavy atom. The van der Waals surface area contributed by atoms with Gasteiger partial charge in [0.05, 0.1) is 30.4 Å². The zero-order valence-corrected chi connectivity index (χ0v) is 19.6. The van der Waals surface area contributed by atoms with E-state index < -0.39 is 5.82 Å². The number of likely N-dealkylation sites (tertiary alicyclic amines) is 1. The van der Waals surface area contributed by atoms with E-state index >= 15 is 0 Å². The predicted octanol–water partition coefficient (Wildman–Crippen LogP) is 5.05. The first-order valence-electron chi connectivity index (χ1n) is 11.0. The number of aromatic nitrogens is 2. The van der Waals surface area contributed by atoms with Gasteiger partial charge in [0.25, 0.3) is 0 Å². The van der Waals surface area contributed by atoms with Crippen LogP contribution in [-0.4, -0.2) is 61.4 Å². The van der Waals surface area contributed by atoms with Gasteiger partial charge in [0, 0.05) is 43.9 Å². The molecule has 1 aromatic heterocycles. The maximum atomic E-state index is 13.5. The molecule has 1 N–H and O–H groups in total. The fourth-order valence-electron chi connectivity index (χ4n) is 3.99. The Balaban J connectivity index is 1.45. The molecule has 2 aromatic carbocycles. The average Bonchev–Trinajstić information content (AvgIpc) is 2.84. The van der Waals surface area contributed by atoms with E-state index in [1.807, 2.05) is 12.1 Å². The predicted molar refractivity (Wildman–Crippen MR) is 127 cm³/mol. The molecule has 1 fully saturated rings. The van der Waals surface area contributed by atoms with Crippen LogP contribution in [0.25, 0.3) is 10.9 Å². The van der Waals surface area contributed by atoms with Crippen molar-refractivity contribution < 1.29 is 18.6 Å². The van der Waals surface area contributed by atoms with Gasteiger partial charge in [0.1, 0.15) is 18.0 Å². The van der Waals surface area contributed by atoms with Gasteiger partial charge in [-0.05, 0) is 43.5 Å². The minimum Gasteiger partial charge on any atom is -0.493 e. The van der Waals surface area contributed by atoms with Gasteiger partial charge in [0.15, 0.2) is 11.5 Å². The molecule has 0 bridgehead atoms. The normalized spacial score (nSPS) is 15.0. The second-order valence-electron chi connectivity index (χ2n) is 7.98. The van der Waals surface area contributed by atoms with Gasteiger partial charge in [-0.25, -0.2) is 14.4 Å². The first-order chi connectivity index (χ1) is 16.1.